The van der Waals surface area contributed by atoms with E-state index in [2.05, 4.69) is 40.9 Å². The van der Waals surface area contributed by atoms with Gasteiger partial charge in [0, 0.05) is 18.5 Å². The lowest BCUT2D eigenvalue weighted by Crippen LogP contribution is -2.34. The van der Waals surface area contributed by atoms with E-state index in [0.717, 1.165) is 24.7 Å². The fraction of sp³-hybridized carbons (Fsp3) is 0.857. The zero-order valence-corrected chi connectivity index (χ0v) is 11.9. The Morgan fingerprint density at radius 1 is 1.44 bits per heavy atom. The first kappa shape index (κ1) is 13.5. The van der Waals surface area contributed by atoms with E-state index in [9.17, 15) is 0 Å². The Morgan fingerprint density at radius 3 is 3.00 bits per heavy atom. The summed E-state index contributed by atoms with van der Waals surface area (Å²) in [5.41, 5.74) is 0. The minimum absolute atomic E-state index is 0.413. The van der Waals surface area contributed by atoms with Crippen molar-refractivity contribution in [3.63, 3.8) is 0 Å². The summed E-state index contributed by atoms with van der Waals surface area (Å²) in [5.74, 6) is 1.93. The molecular weight excluding hydrogens is 224 g/mol. The second-order valence-corrected chi connectivity index (χ2v) is 5.71. The molecule has 4 heteroatoms. The van der Waals surface area contributed by atoms with Gasteiger partial charge in [-0.1, -0.05) is 13.3 Å². The Morgan fingerprint density at radius 2 is 2.28 bits per heavy atom. The third kappa shape index (κ3) is 3.31. The first-order chi connectivity index (χ1) is 8.70. The molecule has 0 amide bonds. The smallest absolute Gasteiger partial charge is 0.138 e. The minimum Gasteiger partial charge on any atom is -0.314 e. The molecule has 1 fully saturated rings. The molecule has 0 aliphatic heterocycles. The van der Waals surface area contributed by atoms with Crippen LogP contribution in [0, 0.1) is 5.92 Å². The van der Waals surface area contributed by atoms with Crippen LogP contribution >= 0.6 is 0 Å². The van der Waals surface area contributed by atoms with E-state index < -0.39 is 0 Å². The molecule has 0 bridgehead atoms. The third-order valence-corrected chi connectivity index (χ3v) is 3.88. The van der Waals surface area contributed by atoms with Crippen LogP contribution in [0.1, 0.15) is 58.3 Å². The van der Waals surface area contributed by atoms with Crippen molar-refractivity contribution in [1.29, 1.82) is 0 Å². The van der Waals surface area contributed by atoms with Crippen molar-refractivity contribution in [3.05, 3.63) is 12.2 Å². The molecule has 2 rings (SSSR count). The SMILES string of the molecule is CCNC1CCCC(Cc2ncnn2C(C)C)C1. The van der Waals surface area contributed by atoms with Crippen LogP contribution < -0.4 is 5.32 Å². The predicted octanol–water partition coefficient (Wildman–Crippen LogP) is 2.57. The minimum atomic E-state index is 0.413. The van der Waals surface area contributed by atoms with Gasteiger partial charge in [-0.3, -0.25) is 0 Å². The Balaban J connectivity index is 1.94. The van der Waals surface area contributed by atoms with Crippen LogP contribution in [0.3, 0.4) is 0 Å². The van der Waals surface area contributed by atoms with Crippen molar-refractivity contribution in [3.8, 4) is 0 Å². The number of rotatable bonds is 5. The maximum absolute atomic E-state index is 4.43. The van der Waals surface area contributed by atoms with Gasteiger partial charge in [0.05, 0.1) is 0 Å². The number of nitrogens with one attached hydrogen (secondary N) is 1. The van der Waals surface area contributed by atoms with Crippen LogP contribution in [0.5, 0.6) is 0 Å². The lowest BCUT2D eigenvalue weighted by Gasteiger charge is -2.29. The Labute approximate surface area is 110 Å². The van der Waals surface area contributed by atoms with Gasteiger partial charge < -0.3 is 5.32 Å². The molecule has 2 unspecified atom stereocenters. The summed E-state index contributed by atoms with van der Waals surface area (Å²) in [7, 11) is 0. The molecule has 18 heavy (non-hydrogen) atoms. The van der Waals surface area contributed by atoms with Crippen molar-refractivity contribution in [2.24, 2.45) is 5.92 Å². The number of nitrogens with zero attached hydrogens (tertiary/aromatic N) is 3. The van der Waals surface area contributed by atoms with Gasteiger partial charge >= 0.3 is 0 Å². The highest BCUT2D eigenvalue weighted by molar-refractivity contribution is 4.91. The van der Waals surface area contributed by atoms with Crippen molar-refractivity contribution in [1.82, 2.24) is 20.1 Å². The molecule has 1 N–H and O–H groups in total. The number of hydrogen-bond donors (Lipinski definition) is 1. The second kappa shape index (κ2) is 6.32. The molecular formula is C14H26N4. The highest BCUT2D eigenvalue weighted by Gasteiger charge is 2.23. The highest BCUT2D eigenvalue weighted by atomic mass is 15.3. The van der Waals surface area contributed by atoms with E-state index in [-0.39, 0.29) is 0 Å². The molecule has 102 valence electrons. The average molecular weight is 250 g/mol. The molecule has 1 saturated carbocycles. The van der Waals surface area contributed by atoms with E-state index in [1.165, 1.54) is 25.7 Å². The van der Waals surface area contributed by atoms with Gasteiger partial charge in [-0.2, -0.15) is 5.10 Å². The van der Waals surface area contributed by atoms with E-state index in [1.807, 2.05) is 0 Å². The van der Waals surface area contributed by atoms with E-state index in [4.69, 9.17) is 0 Å². The Kier molecular flexibility index (Phi) is 4.75. The second-order valence-electron chi connectivity index (χ2n) is 5.71. The van der Waals surface area contributed by atoms with E-state index in [1.54, 1.807) is 6.33 Å². The normalized spacial score (nSPS) is 24.7. The molecule has 1 aromatic rings. The van der Waals surface area contributed by atoms with Crippen molar-refractivity contribution in [2.75, 3.05) is 6.54 Å². The molecule has 1 aliphatic rings. The molecule has 0 spiro atoms. The molecule has 1 aromatic heterocycles. The predicted molar refractivity (Wildman–Crippen MR) is 73.5 cm³/mol. The fourth-order valence-corrected chi connectivity index (χ4v) is 3.06. The van der Waals surface area contributed by atoms with Crippen LogP contribution in [-0.4, -0.2) is 27.4 Å². The van der Waals surface area contributed by atoms with Gasteiger partial charge in [0.1, 0.15) is 12.2 Å². The summed E-state index contributed by atoms with van der Waals surface area (Å²) in [6.45, 7) is 7.61. The van der Waals surface area contributed by atoms with Gasteiger partial charge in [0.25, 0.3) is 0 Å². The lowest BCUT2D eigenvalue weighted by atomic mass is 9.83. The molecule has 1 heterocycles. The first-order valence-corrected chi connectivity index (χ1v) is 7.32. The van der Waals surface area contributed by atoms with Crippen LogP contribution in [0.15, 0.2) is 6.33 Å². The van der Waals surface area contributed by atoms with Crippen LogP contribution in [0.2, 0.25) is 0 Å². The largest absolute Gasteiger partial charge is 0.314 e. The topological polar surface area (TPSA) is 42.7 Å². The van der Waals surface area contributed by atoms with Gasteiger partial charge in [-0.15, -0.1) is 0 Å². The molecule has 0 aromatic carbocycles. The zero-order valence-electron chi connectivity index (χ0n) is 11.9. The molecule has 0 saturated heterocycles. The highest BCUT2D eigenvalue weighted by Crippen LogP contribution is 2.27. The number of aromatic nitrogens is 3. The van der Waals surface area contributed by atoms with Crippen LogP contribution in [0.25, 0.3) is 0 Å². The standard InChI is InChI=1S/C14H26N4/c1-4-15-13-7-5-6-12(8-13)9-14-16-10-17-18(14)11(2)3/h10-13,15H,4-9H2,1-3H3. The summed E-state index contributed by atoms with van der Waals surface area (Å²) in [5, 5.41) is 7.92. The summed E-state index contributed by atoms with van der Waals surface area (Å²) in [6.07, 6.45) is 8.09. The molecule has 2 atom stereocenters. The van der Waals surface area contributed by atoms with Crippen LogP contribution in [-0.2, 0) is 6.42 Å². The average Bonchev–Trinajstić information content (AvgIpc) is 2.78. The summed E-state index contributed by atoms with van der Waals surface area (Å²) in [4.78, 5) is 4.43. The van der Waals surface area contributed by atoms with Crippen LogP contribution in [0.4, 0.5) is 0 Å². The summed E-state index contributed by atoms with van der Waals surface area (Å²) >= 11 is 0. The molecule has 0 radical (unpaired) electrons. The maximum atomic E-state index is 4.43. The Bertz CT molecular complexity index is 356. The Hall–Kier alpha value is -0.900. The quantitative estimate of drug-likeness (QED) is 0.873. The number of hydrogen-bond acceptors (Lipinski definition) is 3. The third-order valence-electron chi connectivity index (χ3n) is 3.88. The molecule has 1 aliphatic carbocycles. The van der Waals surface area contributed by atoms with Gasteiger partial charge in [-0.05, 0) is 45.6 Å². The van der Waals surface area contributed by atoms with Crippen molar-refractivity contribution in [2.45, 2.75) is 65.0 Å². The maximum Gasteiger partial charge on any atom is 0.138 e. The fourth-order valence-electron chi connectivity index (χ4n) is 3.06. The summed E-state index contributed by atoms with van der Waals surface area (Å²) < 4.78 is 2.07. The lowest BCUT2D eigenvalue weighted by molar-refractivity contribution is 0.280. The van der Waals surface area contributed by atoms with Gasteiger partial charge in [0.2, 0.25) is 0 Å². The van der Waals surface area contributed by atoms with E-state index in [0.29, 0.717) is 12.1 Å². The van der Waals surface area contributed by atoms with E-state index >= 15 is 0 Å². The van der Waals surface area contributed by atoms with Gasteiger partial charge in [-0.25, -0.2) is 9.67 Å². The monoisotopic (exact) mass is 250 g/mol. The van der Waals surface area contributed by atoms with Crippen molar-refractivity contribution >= 4 is 0 Å². The van der Waals surface area contributed by atoms with Crippen molar-refractivity contribution < 1.29 is 0 Å². The van der Waals surface area contributed by atoms with Gasteiger partial charge in [0.15, 0.2) is 0 Å². The zero-order chi connectivity index (χ0) is 13.0. The summed E-state index contributed by atoms with van der Waals surface area (Å²) in [6, 6.07) is 1.12. The molecule has 4 nitrogen and oxygen atoms in total. The first-order valence-electron chi connectivity index (χ1n) is 7.32.